The lowest BCUT2D eigenvalue weighted by atomic mass is 10.0. The van der Waals surface area contributed by atoms with Crippen molar-refractivity contribution >= 4 is 0 Å². The first kappa shape index (κ1) is 10.4. The van der Waals surface area contributed by atoms with Crippen LogP contribution in [0.4, 0.5) is 4.39 Å². The molecular formula is C14H10FN. The van der Waals surface area contributed by atoms with Crippen LogP contribution in [0.2, 0.25) is 0 Å². The SMILES string of the molecule is N#CCc1ccc(-c2cccc(F)c2)cc1. The lowest BCUT2D eigenvalue weighted by Gasteiger charge is -2.02. The van der Waals surface area contributed by atoms with Gasteiger partial charge in [-0.3, -0.25) is 0 Å². The van der Waals surface area contributed by atoms with Crippen LogP contribution < -0.4 is 0 Å². The maximum atomic E-state index is 13.0. The standard InChI is InChI=1S/C14H10FN/c15-14-3-1-2-13(10-14)12-6-4-11(5-7-12)8-9-16/h1-7,10H,8H2. The maximum Gasteiger partial charge on any atom is 0.123 e. The topological polar surface area (TPSA) is 23.8 Å². The molecule has 0 saturated heterocycles. The predicted molar refractivity (Wildman–Crippen MR) is 61.2 cm³/mol. The van der Waals surface area contributed by atoms with E-state index in [-0.39, 0.29) is 5.82 Å². The van der Waals surface area contributed by atoms with Gasteiger partial charge in [-0.25, -0.2) is 4.39 Å². The minimum Gasteiger partial charge on any atom is -0.207 e. The Balaban J connectivity index is 2.32. The minimum atomic E-state index is -0.237. The number of hydrogen-bond acceptors (Lipinski definition) is 1. The lowest BCUT2D eigenvalue weighted by molar-refractivity contribution is 0.628. The zero-order valence-electron chi connectivity index (χ0n) is 8.65. The van der Waals surface area contributed by atoms with Crippen LogP contribution in [0, 0.1) is 17.1 Å². The van der Waals surface area contributed by atoms with Gasteiger partial charge >= 0.3 is 0 Å². The number of hydrogen-bond donors (Lipinski definition) is 0. The van der Waals surface area contributed by atoms with Gasteiger partial charge in [0.2, 0.25) is 0 Å². The second kappa shape index (κ2) is 4.59. The Morgan fingerprint density at radius 2 is 1.75 bits per heavy atom. The van der Waals surface area contributed by atoms with E-state index < -0.39 is 0 Å². The second-order valence-electron chi connectivity index (χ2n) is 3.54. The molecule has 16 heavy (non-hydrogen) atoms. The zero-order chi connectivity index (χ0) is 11.4. The van der Waals surface area contributed by atoms with E-state index in [1.165, 1.54) is 12.1 Å². The highest BCUT2D eigenvalue weighted by Gasteiger charge is 1.99. The summed E-state index contributed by atoms with van der Waals surface area (Å²) in [5, 5.41) is 8.54. The molecule has 2 aromatic rings. The molecule has 0 aromatic heterocycles. The third-order valence-electron chi connectivity index (χ3n) is 2.40. The number of nitrogens with zero attached hydrogens (tertiary/aromatic N) is 1. The quantitative estimate of drug-likeness (QED) is 0.745. The lowest BCUT2D eigenvalue weighted by Crippen LogP contribution is -1.83. The van der Waals surface area contributed by atoms with Gasteiger partial charge in [0.05, 0.1) is 12.5 Å². The summed E-state index contributed by atoms with van der Waals surface area (Å²) in [5.74, 6) is -0.237. The molecule has 0 aliphatic carbocycles. The summed E-state index contributed by atoms with van der Waals surface area (Å²) < 4.78 is 13.0. The summed E-state index contributed by atoms with van der Waals surface area (Å²) in [4.78, 5) is 0. The summed E-state index contributed by atoms with van der Waals surface area (Å²) in [6, 6.07) is 16.2. The Morgan fingerprint density at radius 3 is 2.38 bits per heavy atom. The third-order valence-corrected chi connectivity index (χ3v) is 2.40. The summed E-state index contributed by atoms with van der Waals surface area (Å²) in [6.45, 7) is 0. The molecule has 2 aromatic carbocycles. The van der Waals surface area contributed by atoms with Gasteiger partial charge in [0.25, 0.3) is 0 Å². The van der Waals surface area contributed by atoms with Crippen molar-refractivity contribution in [1.82, 2.24) is 0 Å². The first-order valence-corrected chi connectivity index (χ1v) is 5.01. The minimum absolute atomic E-state index is 0.237. The van der Waals surface area contributed by atoms with Gasteiger partial charge in [0.15, 0.2) is 0 Å². The van der Waals surface area contributed by atoms with E-state index in [0.29, 0.717) is 6.42 Å². The van der Waals surface area contributed by atoms with Crippen molar-refractivity contribution in [3.05, 3.63) is 59.9 Å². The van der Waals surface area contributed by atoms with E-state index in [2.05, 4.69) is 6.07 Å². The number of rotatable bonds is 2. The monoisotopic (exact) mass is 211 g/mol. The van der Waals surface area contributed by atoms with E-state index >= 15 is 0 Å². The van der Waals surface area contributed by atoms with Crippen molar-refractivity contribution in [2.75, 3.05) is 0 Å². The van der Waals surface area contributed by atoms with Crippen molar-refractivity contribution < 1.29 is 4.39 Å². The van der Waals surface area contributed by atoms with Crippen molar-refractivity contribution in [2.24, 2.45) is 0 Å². The molecule has 0 amide bonds. The molecule has 0 bridgehead atoms. The van der Waals surface area contributed by atoms with Crippen LogP contribution in [-0.2, 0) is 6.42 Å². The molecule has 0 atom stereocenters. The van der Waals surface area contributed by atoms with Crippen LogP contribution in [0.3, 0.4) is 0 Å². The van der Waals surface area contributed by atoms with Crippen molar-refractivity contribution in [2.45, 2.75) is 6.42 Å². The molecule has 0 aliphatic rings. The summed E-state index contributed by atoms with van der Waals surface area (Å²) in [6.07, 6.45) is 0.406. The number of halogens is 1. The molecule has 0 heterocycles. The molecule has 0 spiro atoms. The molecule has 0 radical (unpaired) electrons. The Hall–Kier alpha value is -2.14. The normalized spacial score (nSPS) is 9.75. The molecule has 0 unspecified atom stereocenters. The molecule has 2 heteroatoms. The van der Waals surface area contributed by atoms with Crippen LogP contribution in [0.5, 0.6) is 0 Å². The van der Waals surface area contributed by atoms with E-state index in [0.717, 1.165) is 16.7 Å². The average Bonchev–Trinajstić information content (AvgIpc) is 2.30. The van der Waals surface area contributed by atoms with Crippen LogP contribution >= 0.6 is 0 Å². The van der Waals surface area contributed by atoms with Crippen LogP contribution in [0.25, 0.3) is 11.1 Å². The van der Waals surface area contributed by atoms with Crippen molar-refractivity contribution in [3.8, 4) is 17.2 Å². The van der Waals surface area contributed by atoms with E-state index in [1.807, 2.05) is 30.3 Å². The van der Waals surface area contributed by atoms with Gasteiger partial charge in [-0.2, -0.15) is 5.26 Å². The van der Waals surface area contributed by atoms with Gasteiger partial charge in [0, 0.05) is 0 Å². The van der Waals surface area contributed by atoms with Gasteiger partial charge in [0.1, 0.15) is 5.82 Å². The Kier molecular flexibility index (Phi) is 2.98. The molecule has 0 saturated carbocycles. The zero-order valence-corrected chi connectivity index (χ0v) is 8.65. The second-order valence-corrected chi connectivity index (χ2v) is 3.54. The fraction of sp³-hybridized carbons (Fsp3) is 0.0714. The summed E-state index contributed by atoms with van der Waals surface area (Å²) >= 11 is 0. The Bertz CT molecular complexity index is 523. The number of benzene rings is 2. The summed E-state index contributed by atoms with van der Waals surface area (Å²) in [5.41, 5.74) is 2.78. The average molecular weight is 211 g/mol. The van der Waals surface area contributed by atoms with Crippen LogP contribution in [0.1, 0.15) is 5.56 Å². The van der Waals surface area contributed by atoms with Gasteiger partial charge in [-0.05, 0) is 28.8 Å². The summed E-state index contributed by atoms with van der Waals surface area (Å²) in [7, 11) is 0. The van der Waals surface area contributed by atoms with Crippen molar-refractivity contribution in [3.63, 3.8) is 0 Å². The predicted octanol–water partition coefficient (Wildman–Crippen LogP) is 3.56. The molecule has 1 nitrogen and oxygen atoms in total. The van der Waals surface area contributed by atoms with Gasteiger partial charge < -0.3 is 0 Å². The highest BCUT2D eigenvalue weighted by molar-refractivity contribution is 5.63. The van der Waals surface area contributed by atoms with Crippen LogP contribution in [0.15, 0.2) is 48.5 Å². The van der Waals surface area contributed by atoms with Gasteiger partial charge in [-0.15, -0.1) is 0 Å². The fourth-order valence-corrected chi connectivity index (χ4v) is 1.57. The first-order valence-electron chi connectivity index (χ1n) is 5.01. The molecule has 2 rings (SSSR count). The highest BCUT2D eigenvalue weighted by atomic mass is 19.1. The maximum absolute atomic E-state index is 13.0. The smallest absolute Gasteiger partial charge is 0.123 e. The van der Waals surface area contributed by atoms with E-state index in [9.17, 15) is 4.39 Å². The Labute approximate surface area is 93.8 Å². The van der Waals surface area contributed by atoms with Crippen molar-refractivity contribution in [1.29, 1.82) is 5.26 Å². The molecule has 0 N–H and O–H groups in total. The fourth-order valence-electron chi connectivity index (χ4n) is 1.57. The highest BCUT2D eigenvalue weighted by Crippen LogP contribution is 2.20. The van der Waals surface area contributed by atoms with Gasteiger partial charge in [-0.1, -0.05) is 36.4 Å². The number of nitriles is 1. The molecule has 0 aliphatic heterocycles. The third kappa shape index (κ3) is 2.26. The molecule has 78 valence electrons. The van der Waals surface area contributed by atoms with Crippen LogP contribution in [-0.4, -0.2) is 0 Å². The molecular weight excluding hydrogens is 201 g/mol. The van der Waals surface area contributed by atoms with E-state index in [4.69, 9.17) is 5.26 Å². The largest absolute Gasteiger partial charge is 0.207 e. The Morgan fingerprint density at radius 1 is 1.00 bits per heavy atom. The first-order chi connectivity index (χ1) is 7.79. The molecule has 0 fully saturated rings. The van der Waals surface area contributed by atoms with E-state index in [1.54, 1.807) is 6.07 Å².